The summed E-state index contributed by atoms with van der Waals surface area (Å²) in [5, 5.41) is 0. The van der Waals surface area contributed by atoms with Crippen LogP contribution in [-0.2, 0) is 0 Å². The first-order valence-corrected chi connectivity index (χ1v) is 7.60. The molecule has 0 fully saturated rings. The van der Waals surface area contributed by atoms with Crippen molar-refractivity contribution in [3.63, 3.8) is 0 Å². The van der Waals surface area contributed by atoms with Crippen LogP contribution in [0.5, 0.6) is 0 Å². The van der Waals surface area contributed by atoms with Crippen molar-refractivity contribution >= 4 is 17.2 Å². The molecule has 1 atom stereocenters. The predicted molar refractivity (Wildman–Crippen MR) is 90.9 cm³/mol. The van der Waals surface area contributed by atoms with Crippen LogP contribution in [0.1, 0.15) is 41.5 Å². The molecule has 102 valence electrons. The minimum absolute atomic E-state index is 0.470. The molecular formula is C21H18. The summed E-state index contributed by atoms with van der Waals surface area (Å²) in [6.07, 6.45) is 10.1. The van der Waals surface area contributed by atoms with Crippen molar-refractivity contribution in [3.05, 3.63) is 89.0 Å². The summed E-state index contributed by atoms with van der Waals surface area (Å²) < 4.78 is 0. The second kappa shape index (κ2) is 4.89. The van der Waals surface area contributed by atoms with Crippen molar-refractivity contribution in [2.45, 2.75) is 19.3 Å². The largest absolute Gasteiger partial charge is 0.0801 e. The molecule has 21 heavy (non-hydrogen) atoms. The van der Waals surface area contributed by atoms with Gasteiger partial charge < -0.3 is 0 Å². The zero-order valence-electron chi connectivity index (χ0n) is 12.2. The quantitative estimate of drug-likeness (QED) is 0.657. The van der Waals surface area contributed by atoms with Crippen LogP contribution < -0.4 is 0 Å². The maximum absolute atomic E-state index is 2.39. The molecule has 2 aromatic carbocycles. The number of hydrogen-bond acceptors (Lipinski definition) is 0. The second-order valence-electron chi connectivity index (χ2n) is 5.82. The number of rotatable bonds is 2. The fraction of sp³-hybridized carbons (Fsp3) is 0.143. The van der Waals surface area contributed by atoms with Crippen molar-refractivity contribution in [3.8, 4) is 0 Å². The summed E-state index contributed by atoms with van der Waals surface area (Å²) >= 11 is 0. The molecule has 0 heterocycles. The molecule has 2 aromatic rings. The maximum atomic E-state index is 2.39. The molecule has 2 aliphatic carbocycles. The second-order valence-corrected chi connectivity index (χ2v) is 5.82. The lowest BCUT2D eigenvalue weighted by Gasteiger charge is -2.13. The van der Waals surface area contributed by atoms with Crippen molar-refractivity contribution in [2.75, 3.05) is 0 Å². The lowest BCUT2D eigenvalue weighted by Crippen LogP contribution is -1.94. The average Bonchev–Trinajstić information content (AvgIpc) is 3.17. The fourth-order valence-corrected chi connectivity index (χ4v) is 3.46. The summed E-state index contributed by atoms with van der Waals surface area (Å²) in [7, 11) is 0. The third-order valence-electron chi connectivity index (χ3n) is 4.60. The van der Waals surface area contributed by atoms with Crippen molar-refractivity contribution in [2.24, 2.45) is 0 Å². The smallest absolute Gasteiger partial charge is 0.00733 e. The van der Waals surface area contributed by atoms with Gasteiger partial charge in [-0.15, -0.1) is 0 Å². The van der Waals surface area contributed by atoms with Crippen molar-refractivity contribution < 1.29 is 0 Å². The van der Waals surface area contributed by atoms with Gasteiger partial charge in [-0.25, -0.2) is 0 Å². The molecule has 0 heteroatoms. The summed E-state index contributed by atoms with van der Waals surface area (Å²) in [6, 6.07) is 17.5. The van der Waals surface area contributed by atoms with Crippen LogP contribution in [-0.4, -0.2) is 0 Å². The van der Waals surface area contributed by atoms with E-state index in [2.05, 4.69) is 79.8 Å². The van der Waals surface area contributed by atoms with Crippen LogP contribution in [0.4, 0.5) is 0 Å². The van der Waals surface area contributed by atoms with Gasteiger partial charge in [-0.3, -0.25) is 0 Å². The van der Waals surface area contributed by atoms with E-state index in [1.807, 2.05) is 0 Å². The monoisotopic (exact) mass is 270 g/mol. The van der Waals surface area contributed by atoms with Crippen LogP contribution in [0, 0.1) is 0 Å². The Bertz CT molecular complexity index is 773. The molecular weight excluding hydrogens is 252 g/mol. The highest BCUT2D eigenvalue weighted by Crippen LogP contribution is 2.44. The molecule has 1 unspecified atom stereocenters. The minimum atomic E-state index is 0.470. The normalized spacial score (nSPS) is 19.4. The first-order chi connectivity index (χ1) is 10.3. The zero-order valence-corrected chi connectivity index (χ0v) is 12.2. The van der Waals surface area contributed by atoms with Gasteiger partial charge in [0.15, 0.2) is 0 Å². The van der Waals surface area contributed by atoms with Gasteiger partial charge in [-0.05, 0) is 45.9 Å². The van der Waals surface area contributed by atoms with E-state index in [0.717, 1.165) is 6.42 Å². The van der Waals surface area contributed by atoms with Crippen LogP contribution in [0.15, 0.2) is 66.8 Å². The van der Waals surface area contributed by atoms with Crippen molar-refractivity contribution in [1.29, 1.82) is 0 Å². The van der Waals surface area contributed by atoms with E-state index in [0.29, 0.717) is 5.92 Å². The number of benzene rings is 2. The highest BCUT2D eigenvalue weighted by molar-refractivity contribution is 5.95. The minimum Gasteiger partial charge on any atom is -0.0801 e. The van der Waals surface area contributed by atoms with E-state index in [-0.39, 0.29) is 0 Å². The van der Waals surface area contributed by atoms with E-state index in [1.165, 1.54) is 33.4 Å². The number of hydrogen-bond donors (Lipinski definition) is 0. The molecule has 0 aromatic heterocycles. The van der Waals surface area contributed by atoms with E-state index in [9.17, 15) is 0 Å². The Morgan fingerprint density at radius 3 is 2.57 bits per heavy atom. The van der Waals surface area contributed by atoms with Crippen LogP contribution in [0.2, 0.25) is 0 Å². The molecule has 0 bridgehead atoms. The molecule has 0 amide bonds. The Kier molecular flexibility index (Phi) is 2.89. The Hall–Kier alpha value is -2.34. The van der Waals surface area contributed by atoms with E-state index >= 15 is 0 Å². The molecule has 0 radical (unpaired) electrons. The van der Waals surface area contributed by atoms with Crippen LogP contribution in [0.3, 0.4) is 0 Å². The van der Waals surface area contributed by atoms with Gasteiger partial charge in [0.05, 0.1) is 0 Å². The van der Waals surface area contributed by atoms with E-state index in [1.54, 1.807) is 0 Å². The van der Waals surface area contributed by atoms with E-state index < -0.39 is 0 Å². The summed E-state index contributed by atoms with van der Waals surface area (Å²) in [4.78, 5) is 0. The van der Waals surface area contributed by atoms with Crippen LogP contribution >= 0.6 is 0 Å². The summed E-state index contributed by atoms with van der Waals surface area (Å²) in [6.45, 7) is 2.32. The van der Waals surface area contributed by atoms with Gasteiger partial charge in [0.2, 0.25) is 0 Å². The third-order valence-corrected chi connectivity index (χ3v) is 4.60. The number of fused-ring (bicyclic) bond motifs is 1. The lowest BCUT2D eigenvalue weighted by atomic mass is 9.91. The van der Waals surface area contributed by atoms with E-state index in [4.69, 9.17) is 0 Å². The Balaban J connectivity index is 1.84. The van der Waals surface area contributed by atoms with Gasteiger partial charge in [0.1, 0.15) is 0 Å². The lowest BCUT2D eigenvalue weighted by molar-refractivity contribution is 1.01. The standard InChI is InChI=1S/C21H18/c1-15-18-12-7-13-19(16-10-5-6-11-16)21(18)14-20(15)17-8-3-2-4-9-17/h2-10,12-15H,11H2,1H3. The zero-order chi connectivity index (χ0) is 14.2. The molecule has 2 aliphatic rings. The van der Waals surface area contributed by atoms with Gasteiger partial charge in [0.25, 0.3) is 0 Å². The molecule has 0 spiro atoms. The summed E-state index contributed by atoms with van der Waals surface area (Å²) in [5.74, 6) is 0.470. The topological polar surface area (TPSA) is 0 Å². The molecule has 4 rings (SSSR count). The first-order valence-electron chi connectivity index (χ1n) is 7.60. The number of allylic oxidation sites excluding steroid dienone is 5. The van der Waals surface area contributed by atoms with Gasteiger partial charge in [-0.2, -0.15) is 0 Å². The highest BCUT2D eigenvalue weighted by atomic mass is 14.3. The van der Waals surface area contributed by atoms with Gasteiger partial charge in [-0.1, -0.05) is 73.7 Å². The molecule has 0 saturated carbocycles. The highest BCUT2D eigenvalue weighted by Gasteiger charge is 2.24. The Morgan fingerprint density at radius 2 is 1.81 bits per heavy atom. The van der Waals surface area contributed by atoms with Gasteiger partial charge in [0, 0.05) is 5.92 Å². The maximum Gasteiger partial charge on any atom is 0.00733 e. The SMILES string of the molecule is CC1C(c2ccccc2)=Cc2c(C3=CC=CC3)cccc21. The molecule has 0 saturated heterocycles. The van der Waals surface area contributed by atoms with Crippen molar-refractivity contribution in [1.82, 2.24) is 0 Å². The molecule has 0 aliphatic heterocycles. The Labute approximate surface area is 126 Å². The van der Waals surface area contributed by atoms with Crippen LogP contribution in [0.25, 0.3) is 17.2 Å². The average molecular weight is 270 g/mol. The van der Waals surface area contributed by atoms with Gasteiger partial charge >= 0.3 is 0 Å². The molecule has 0 nitrogen and oxygen atoms in total. The summed E-state index contributed by atoms with van der Waals surface area (Å²) in [5.41, 5.74) is 8.48. The Morgan fingerprint density at radius 1 is 0.952 bits per heavy atom. The first kappa shape index (κ1) is 12.4. The fourth-order valence-electron chi connectivity index (χ4n) is 3.46. The molecule has 0 N–H and O–H groups in total. The third kappa shape index (κ3) is 1.99. The predicted octanol–water partition coefficient (Wildman–Crippen LogP) is 5.69.